The first-order valence-corrected chi connectivity index (χ1v) is 4.08. The molecule has 1 saturated heterocycles. The van der Waals surface area contributed by atoms with Crippen LogP contribution in [0.4, 0.5) is 0 Å². The van der Waals surface area contributed by atoms with Crippen LogP contribution in [0.3, 0.4) is 0 Å². The normalized spacial score (nSPS) is 21.8. The molecule has 0 aromatic rings. The lowest BCUT2D eigenvalue weighted by molar-refractivity contribution is -0.185. The predicted molar refractivity (Wildman–Crippen MR) is 28.8 cm³/mol. The van der Waals surface area contributed by atoms with Gasteiger partial charge in [-0.1, -0.05) is 0 Å². The topological polar surface area (TPSA) is 85.2 Å². The van der Waals surface area contributed by atoms with E-state index < -0.39 is 14.3 Å². The summed E-state index contributed by atoms with van der Waals surface area (Å²) in [6.07, 6.45) is 0. The lowest BCUT2D eigenvalue weighted by Crippen LogP contribution is -2.10. The second-order valence-electron chi connectivity index (χ2n) is 1.63. The number of phosphoric acid groups is 1. The first-order valence-electron chi connectivity index (χ1n) is 2.55. The molecular formula is C3H7O6P. The summed E-state index contributed by atoms with van der Waals surface area (Å²) in [7, 11) is -4.46. The summed E-state index contributed by atoms with van der Waals surface area (Å²) in [6.45, 7) is -0.615. The number of phosphoric ester groups is 1. The van der Waals surface area contributed by atoms with Crippen molar-refractivity contribution in [2.75, 3.05) is 13.2 Å². The van der Waals surface area contributed by atoms with E-state index in [1.54, 1.807) is 0 Å². The van der Waals surface area contributed by atoms with Gasteiger partial charge in [0.15, 0.2) is 0 Å². The van der Waals surface area contributed by atoms with Gasteiger partial charge in [0, 0.05) is 0 Å². The Bertz CT molecular complexity index is 145. The van der Waals surface area contributed by atoms with Gasteiger partial charge in [0.05, 0.1) is 13.2 Å². The van der Waals surface area contributed by atoms with E-state index in [2.05, 4.69) is 14.0 Å². The highest BCUT2D eigenvalue weighted by Crippen LogP contribution is 2.38. The molecular weight excluding hydrogens is 163 g/mol. The SMILES string of the molecule is O=P(O)(O)OC1OCCO1. The summed E-state index contributed by atoms with van der Waals surface area (Å²) in [5.41, 5.74) is 0. The molecule has 7 heteroatoms. The quantitative estimate of drug-likeness (QED) is 0.539. The summed E-state index contributed by atoms with van der Waals surface area (Å²) >= 11 is 0. The smallest absolute Gasteiger partial charge is 0.327 e. The van der Waals surface area contributed by atoms with E-state index in [4.69, 9.17) is 9.79 Å². The summed E-state index contributed by atoms with van der Waals surface area (Å²) in [6, 6.07) is 0. The molecule has 1 heterocycles. The fourth-order valence-electron chi connectivity index (χ4n) is 0.510. The van der Waals surface area contributed by atoms with Crippen LogP contribution < -0.4 is 0 Å². The number of ether oxygens (including phenoxy) is 2. The van der Waals surface area contributed by atoms with Gasteiger partial charge in [0.1, 0.15) is 0 Å². The maximum atomic E-state index is 10.1. The standard InChI is InChI=1S/C3H7O6P/c4-10(5,6)9-3-7-1-2-8-3/h3H,1-2H2,(H2,4,5,6). The minimum atomic E-state index is -4.46. The van der Waals surface area contributed by atoms with Gasteiger partial charge in [0.2, 0.25) is 0 Å². The van der Waals surface area contributed by atoms with Crippen molar-refractivity contribution in [3.63, 3.8) is 0 Å². The molecule has 0 atom stereocenters. The van der Waals surface area contributed by atoms with E-state index in [1.165, 1.54) is 0 Å². The Kier molecular flexibility index (Phi) is 2.40. The van der Waals surface area contributed by atoms with E-state index in [0.29, 0.717) is 13.2 Å². The van der Waals surface area contributed by atoms with Gasteiger partial charge in [0.25, 0.3) is 6.48 Å². The van der Waals surface area contributed by atoms with Crippen molar-refractivity contribution in [3.8, 4) is 0 Å². The molecule has 1 aliphatic rings. The Morgan fingerprint density at radius 2 is 1.90 bits per heavy atom. The third-order valence-electron chi connectivity index (χ3n) is 0.815. The highest BCUT2D eigenvalue weighted by atomic mass is 31.2. The Labute approximate surface area is 56.9 Å². The largest absolute Gasteiger partial charge is 0.473 e. The maximum absolute atomic E-state index is 10.1. The molecule has 6 nitrogen and oxygen atoms in total. The minimum absolute atomic E-state index is 0.296. The van der Waals surface area contributed by atoms with Gasteiger partial charge in [-0.3, -0.25) is 0 Å². The lowest BCUT2D eigenvalue weighted by Gasteiger charge is -2.09. The molecule has 1 aliphatic heterocycles. The molecule has 1 fully saturated rings. The number of hydrogen-bond donors (Lipinski definition) is 2. The van der Waals surface area contributed by atoms with Crippen molar-refractivity contribution in [1.82, 2.24) is 0 Å². The van der Waals surface area contributed by atoms with Crippen LogP contribution in [0.25, 0.3) is 0 Å². The average molecular weight is 170 g/mol. The summed E-state index contributed by atoms with van der Waals surface area (Å²) in [5, 5.41) is 0. The monoisotopic (exact) mass is 170 g/mol. The van der Waals surface area contributed by atoms with Crippen LogP contribution in [-0.2, 0) is 18.6 Å². The van der Waals surface area contributed by atoms with Crippen molar-refractivity contribution >= 4 is 7.82 Å². The third kappa shape index (κ3) is 2.74. The highest BCUT2D eigenvalue weighted by Gasteiger charge is 2.26. The molecule has 0 aliphatic carbocycles. The molecule has 0 aromatic carbocycles. The minimum Gasteiger partial charge on any atom is -0.327 e. The Morgan fingerprint density at radius 1 is 1.40 bits per heavy atom. The van der Waals surface area contributed by atoms with Crippen molar-refractivity contribution < 1.29 is 28.3 Å². The fourth-order valence-corrected chi connectivity index (χ4v) is 0.856. The second kappa shape index (κ2) is 2.96. The van der Waals surface area contributed by atoms with Gasteiger partial charge in [-0.05, 0) is 0 Å². The first kappa shape index (κ1) is 8.13. The summed E-state index contributed by atoms with van der Waals surface area (Å²) in [5.74, 6) is 0. The van der Waals surface area contributed by atoms with Crippen LogP contribution in [0.2, 0.25) is 0 Å². The zero-order chi connectivity index (χ0) is 7.61. The van der Waals surface area contributed by atoms with Crippen LogP contribution in [0.15, 0.2) is 0 Å². The van der Waals surface area contributed by atoms with Gasteiger partial charge in [-0.25, -0.2) is 9.09 Å². The average Bonchev–Trinajstić information content (AvgIpc) is 2.12. The van der Waals surface area contributed by atoms with Gasteiger partial charge in [-0.2, -0.15) is 0 Å². The van der Waals surface area contributed by atoms with E-state index in [1.807, 2.05) is 0 Å². The van der Waals surface area contributed by atoms with Crippen LogP contribution in [0, 0.1) is 0 Å². The predicted octanol–water partition coefficient (Wildman–Crippen LogP) is -0.574. The Hall–Kier alpha value is 0.0300. The van der Waals surface area contributed by atoms with Crippen LogP contribution >= 0.6 is 7.82 Å². The molecule has 0 bridgehead atoms. The molecule has 0 spiro atoms. The molecule has 0 saturated carbocycles. The zero-order valence-electron chi connectivity index (χ0n) is 4.97. The molecule has 0 unspecified atom stereocenters. The molecule has 0 amide bonds. The van der Waals surface area contributed by atoms with E-state index in [-0.39, 0.29) is 0 Å². The molecule has 0 aromatic heterocycles. The van der Waals surface area contributed by atoms with Crippen LogP contribution in [-0.4, -0.2) is 29.5 Å². The Morgan fingerprint density at radius 3 is 2.30 bits per heavy atom. The number of rotatable bonds is 2. The summed E-state index contributed by atoms with van der Waals surface area (Å²) in [4.78, 5) is 16.4. The Balaban J connectivity index is 2.31. The molecule has 60 valence electrons. The molecule has 2 N–H and O–H groups in total. The number of hydrogen-bond acceptors (Lipinski definition) is 4. The van der Waals surface area contributed by atoms with E-state index >= 15 is 0 Å². The summed E-state index contributed by atoms with van der Waals surface area (Å²) < 4.78 is 23.3. The third-order valence-corrected chi connectivity index (χ3v) is 1.26. The molecule has 1 rings (SSSR count). The van der Waals surface area contributed by atoms with Crippen molar-refractivity contribution in [3.05, 3.63) is 0 Å². The van der Waals surface area contributed by atoms with Gasteiger partial charge >= 0.3 is 7.82 Å². The lowest BCUT2D eigenvalue weighted by atomic mass is 10.8. The highest BCUT2D eigenvalue weighted by molar-refractivity contribution is 7.46. The maximum Gasteiger partial charge on any atom is 0.473 e. The van der Waals surface area contributed by atoms with Crippen LogP contribution in [0.5, 0.6) is 0 Å². The van der Waals surface area contributed by atoms with Crippen molar-refractivity contribution in [1.29, 1.82) is 0 Å². The van der Waals surface area contributed by atoms with Gasteiger partial charge < -0.3 is 19.3 Å². The fraction of sp³-hybridized carbons (Fsp3) is 1.00. The molecule has 0 radical (unpaired) electrons. The van der Waals surface area contributed by atoms with E-state index in [9.17, 15) is 4.57 Å². The van der Waals surface area contributed by atoms with E-state index in [0.717, 1.165) is 0 Å². The van der Waals surface area contributed by atoms with Crippen molar-refractivity contribution in [2.24, 2.45) is 0 Å². The van der Waals surface area contributed by atoms with Crippen molar-refractivity contribution in [2.45, 2.75) is 6.48 Å². The first-order chi connectivity index (χ1) is 4.58. The van der Waals surface area contributed by atoms with Crippen LogP contribution in [0.1, 0.15) is 0 Å². The second-order valence-corrected chi connectivity index (χ2v) is 2.82. The molecule has 10 heavy (non-hydrogen) atoms. The van der Waals surface area contributed by atoms with Gasteiger partial charge in [-0.15, -0.1) is 0 Å². The zero-order valence-corrected chi connectivity index (χ0v) is 5.86.